The molecule has 1 atom stereocenters. The maximum Gasteiger partial charge on any atom is 0.0451 e. The molecule has 0 saturated carbocycles. The highest BCUT2D eigenvalue weighted by Gasteiger charge is 2.21. The van der Waals surface area contributed by atoms with Crippen LogP contribution in [-0.4, -0.2) is 42.6 Å². The fourth-order valence-corrected chi connectivity index (χ4v) is 3.18. The molecule has 0 bridgehead atoms. The number of benzene rings is 1. The average Bonchev–Trinajstić information content (AvgIpc) is 2.61. The van der Waals surface area contributed by atoms with Crippen LogP contribution in [0, 0.1) is 0 Å². The Hall–Kier alpha value is -1.81. The van der Waals surface area contributed by atoms with E-state index in [2.05, 4.69) is 40.9 Å². The number of pyridine rings is 1. The lowest BCUT2D eigenvalue weighted by Crippen LogP contribution is -2.38. The molecule has 1 saturated heterocycles. The van der Waals surface area contributed by atoms with Crippen LogP contribution in [-0.2, 0) is 0 Å². The van der Waals surface area contributed by atoms with Crippen molar-refractivity contribution in [2.45, 2.75) is 19.4 Å². The molecule has 1 fully saturated rings. The van der Waals surface area contributed by atoms with E-state index < -0.39 is 0 Å². The second kappa shape index (κ2) is 5.29. The van der Waals surface area contributed by atoms with Crippen LogP contribution >= 0.6 is 0 Å². The van der Waals surface area contributed by atoms with Crippen molar-refractivity contribution in [3.63, 3.8) is 0 Å². The van der Waals surface area contributed by atoms with E-state index >= 15 is 0 Å². The topological polar surface area (TPSA) is 45.4 Å². The van der Waals surface area contributed by atoms with Crippen LogP contribution < -0.4 is 10.6 Å². The Bertz CT molecular complexity index is 610. The first-order valence-corrected chi connectivity index (χ1v) is 7.24. The van der Waals surface area contributed by atoms with Crippen LogP contribution in [0.4, 0.5) is 11.4 Å². The fourth-order valence-electron chi connectivity index (χ4n) is 3.18. The van der Waals surface area contributed by atoms with Gasteiger partial charge in [0, 0.05) is 53.7 Å². The van der Waals surface area contributed by atoms with E-state index in [-0.39, 0.29) is 0 Å². The molecule has 2 aromatic rings. The Morgan fingerprint density at radius 3 is 2.90 bits per heavy atom. The number of nitrogens with two attached hydrogens (primary N) is 1. The molecular weight excluding hydrogens is 248 g/mol. The summed E-state index contributed by atoms with van der Waals surface area (Å²) in [6.07, 6.45) is 4.90. The van der Waals surface area contributed by atoms with E-state index in [4.69, 9.17) is 5.73 Å². The van der Waals surface area contributed by atoms with Crippen LogP contribution in [0.5, 0.6) is 0 Å². The summed E-state index contributed by atoms with van der Waals surface area (Å²) < 4.78 is 0. The van der Waals surface area contributed by atoms with Crippen molar-refractivity contribution in [2.75, 3.05) is 37.3 Å². The normalized spacial score (nSPS) is 21.1. The molecule has 106 valence electrons. The van der Waals surface area contributed by atoms with Crippen molar-refractivity contribution in [3.05, 3.63) is 30.6 Å². The average molecular weight is 270 g/mol. The Morgan fingerprint density at radius 2 is 2.05 bits per heavy atom. The molecule has 0 amide bonds. The van der Waals surface area contributed by atoms with Crippen LogP contribution in [0.15, 0.2) is 30.6 Å². The van der Waals surface area contributed by atoms with E-state index in [0.717, 1.165) is 30.7 Å². The predicted octanol–water partition coefficient (Wildman–Crippen LogP) is 2.35. The molecule has 0 spiro atoms. The van der Waals surface area contributed by atoms with E-state index in [9.17, 15) is 0 Å². The van der Waals surface area contributed by atoms with Gasteiger partial charge in [0.15, 0.2) is 0 Å². The second-order valence-electron chi connectivity index (χ2n) is 5.75. The first-order valence-electron chi connectivity index (χ1n) is 7.24. The maximum absolute atomic E-state index is 6.08. The molecule has 1 aliphatic heterocycles. The van der Waals surface area contributed by atoms with E-state index in [1.807, 2.05) is 18.5 Å². The van der Waals surface area contributed by atoms with Crippen molar-refractivity contribution < 1.29 is 0 Å². The first kappa shape index (κ1) is 13.2. The first-order chi connectivity index (χ1) is 9.66. The lowest BCUT2D eigenvalue weighted by atomic mass is 10.1. The molecule has 1 aromatic carbocycles. The second-order valence-corrected chi connectivity index (χ2v) is 5.75. The molecule has 20 heavy (non-hydrogen) atoms. The highest BCUT2D eigenvalue weighted by atomic mass is 15.2. The van der Waals surface area contributed by atoms with Crippen molar-refractivity contribution >= 4 is 22.1 Å². The zero-order valence-electron chi connectivity index (χ0n) is 12.2. The van der Waals surface area contributed by atoms with Crippen LogP contribution in [0.1, 0.15) is 13.3 Å². The monoisotopic (exact) mass is 270 g/mol. The lowest BCUT2D eigenvalue weighted by molar-refractivity contribution is 0.337. The van der Waals surface area contributed by atoms with Crippen LogP contribution in [0.25, 0.3) is 10.8 Å². The van der Waals surface area contributed by atoms with Gasteiger partial charge in [-0.1, -0.05) is 0 Å². The summed E-state index contributed by atoms with van der Waals surface area (Å²) >= 11 is 0. The molecule has 2 N–H and O–H groups in total. The van der Waals surface area contributed by atoms with Crippen LogP contribution in [0.3, 0.4) is 0 Å². The molecule has 1 unspecified atom stereocenters. The zero-order valence-corrected chi connectivity index (χ0v) is 12.2. The molecule has 1 aliphatic rings. The Morgan fingerprint density at radius 1 is 1.20 bits per heavy atom. The van der Waals surface area contributed by atoms with E-state index in [1.54, 1.807) is 0 Å². The smallest absolute Gasteiger partial charge is 0.0451 e. The van der Waals surface area contributed by atoms with Gasteiger partial charge in [0.25, 0.3) is 0 Å². The maximum atomic E-state index is 6.08. The summed E-state index contributed by atoms with van der Waals surface area (Å²) in [4.78, 5) is 9.12. The standard InChI is InChI=1S/C16H22N4/c1-12-11-19(2)8-3-9-20(12)16-5-4-15(17)14-10-18-7-6-13(14)16/h4-7,10,12H,3,8-9,11,17H2,1-2H3. The number of anilines is 2. The number of fused-ring (bicyclic) bond motifs is 1. The molecule has 4 heteroatoms. The third kappa shape index (κ3) is 2.31. The predicted molar refractivity (Wildman–Crippen MR) is 85.1 cm³/mol. The SMILES string of the molecule is CC1CN(C)CCCN1c1ccc(N)c2cnccc12. The molecule has 2 heterocycles. The highest BCUT2D eigenvalue weighted by Crippen LogP contribution is 2.32. The van der Waals surface area contributed by atoms with Crippen molar-refractivity contribution in [1.29, 1.82) is 0 Å². The third-order valence-electron chi connectivity index (χ3n) is 4.19. The lowest BCUT2D eigenvalue weighted by Gasteiger charge is -2.31. The quantitative estimate of drug-likeness (QED) is 0.808. The zero-order chi connectivity index (χ0) is 14.1. The van der Waals surface area contributed by atoms with Crippen molar-refractivity contribution in [3.8, 4) is 0 Å². The number of nitrogen functional groups attached to an aromatic ring is 1. The van der Waals surface area contributed by atoms with Gasteiger partial charge in [0.1, 0.15) is 0 Å². The van der Waals surface area contributed by atoms with E-state index in [1.165, 1.54) is 17.5 Å². The summed E-state index contributed by atoms with van der Waals surface area (Å²) in [7, 11) is 2.20. The van der Waals surface area contributed by atoms with E-state index in [0.29, 0.717) is 6.04 Å². The minimum Gasteiger partial charge on any atom is -0.398 e. The van der Waals surface area contributed by atoms with Gasteiger partial charge in [0.2, 0.25) is 0 Å². The number of likely N-dealkylation sites (N-methyl/N-ethyl adjacent to an activating group) is 1. The van der Waals surface area contributed by atoms with Crippen molar-refractivity contribution in [1.82, 2.24) is 9.88 Å². The summed E-state index contributed by atoms with van der Waals surface area (Å²) in [5.74, 6) is 0. The molecule has 0 aliphatic carbocycles. The number of hydrogen-bond acceptors (Lipinski definition) is 4. The van der Waals surface area contributed by atoms with Gasteiger partial charge < -0.3 is 15.5 Å². The Kier molecular flexibility index (Phi) is 3.49. The van der Waals surface area contributed by atoms with Gasteiger partial charge in [-0.2, -0.15) is 0 Å². The van der Waals surface area contributed by atoms with Crippen molar-refractivity contribution in [2.24, 2.45) is 0 Å². The van der Waals surface area contributed by atoms with Gasteiger partial charge in [-0.3, -0.25) is 4.98 Å². The van der Waals surface area contributed by atoms with Gasteiger partial charge in [0.05, 0.1) is 0 Å². The van der Waals surface area contributed by atoms with Gasteiger partial charge in [-0.25, -0.2) is 0 Å². The third-order valence-corrected chi connectivity index (χ3v) is 4.19. The molecule has 1 aromatic heterocycles. The minimum atomic E-state index is 0.502. The number of hydrogen-bond donors (Lipinski definition) is 1. The summed E-state index contributed by atoms with van der Waals surface area (Å²) in [6, 6.07) is 6.73. The summed E-state index contributed by atoms with van der Waals surface area (Å²) in [6.45, 7) is 5.64. The van der Waals surface area contributed by atoms with Gasteiger partial charge in [-0.15, -0.1) is 0 Å². The largest absolute Gasteiger partial charge is 0.398 e. The Balaban J connectivity index is 2.07. The number of nitrogens with zero attached hydrogens (tertiary/aromatic N) is 3. The van der Waals surface area contributed by atoms with Gasteiger partial charge in [-0.05, 0) is 45.1 Å². The van der Waals surface area contributed by atoms with Crippen LogP contribution in [0.2, 0.25) is 0 Å². The number of aromatic nitrogens is 1. The molecule has 0 radical (unpaired) electrons. The minimum absolute atomic E-state index is 0.502. The molecular formula is C16H22N4. The fraction of sp³-hybridized carbons (Fsp3) is 0.438. The molecule has 4 nitrogen and oxygen atoms in total. The summed E-state index contributed by atoms with van der Waals surface area (Å²) in [5, 5.41) is 2.26. The highest BCUT2D eigenvalue weighted by molar-refractivity contribution is 6.00. The molecule has 3 rings (SSSR count). The van der Waals surface area contributed by atoms with Gasteiger partial charge >= 0.3 is 0 Å². The Labute approximate surface area is 120 Å². The summed E-state index contributed by atoms with van der Waals surface area (Å²) in [5.41, 5.74) is 8.15. The number of rotatable bonds is 1.